The van der Waals surface area contributed by atoms with E-state index in [2.05, 4.69) is 4.74 Å². The fraction of sp³-hybridized carbons (Fsp3) is 0.444. The van der Waals surface area contributed by atoms with Crippen molar-refractivity contribution in [2.45, 2.75) is 12.8 Å². The molecule has 0 spiro atoms. The minimum Gasteiger partial charge on any atom is -0.465 e. The molecule has 0 aromatic carbocycles. The van der Waals surface area contributed by atoms with Crippen molar-refractivity contribution in [1.82, 2.24) is 0 Å². The lowest BCUT2D eigenvalue weighted by molar-refractivity contribution is 0.0606. The largest absolute Gasteiger partial charge is 0.465 e. The molecular formula is C9H13NO2S. The van der Waals surface area contributed by atoms with Crippen molar-refractivity contribution in [3.8, 4) is 0 Å². The van der Waals surface area contributed by atoms with Gasteiger partial charge >= 0.3 is 5.97 Å². The molecule has 0 saturated heterocycles. The second kappa shape index (κ2) is 4.99. The molecule has 0 fully saturated rings. The number of ether oxygens (including phenoxy) is 1. The number of hydrogen-bond acceptors (Lipinski definition) is 4. The Hall–Kier alpha value is -0.870. The molecule has 0 aliphatic carbocycles. The van der Waals surface area contributed by atoms with Crippen LogP contribution in [0.15, 0.2) is 11.4 Å². The molecule has 13 heavy (non-hydrogen) atoms. The van der Waals surface area contributed by atoms with Gasteiger partial charge in [0, 0.05) is 0 Å². The Bertz CT molecular complexity index is 283. The number of thiophene rings is 1. The molecule has 1 aromatic heterocycles. The molecule has 0 bridgehead atoms. The third-order valence-corrected chi connectivity index (χ3v) is 2.67. The van der Waals surface area contributed by atoms with Crippen LogP contribution in [-0.4, -0.2) is 19.6 Å². The second-order valence-electron chi connectivity index (χ2n) is 2.70. The summed E-state index contributed by atoms with van der Waals surface area (Å²) in [6, 6.07) is 1.87. The number of nitrogens with two attached hydrogens (primary N) is 1. The van der Waals surface area contributed by atoms with E-state index in [0.717, 1.165) is 18.4 Å². The monoisotopic (exact) mass is 199 g/mol. The van der Waals surface area contributed by atoms with Crippen molar-refractivity contribution in [3.05, 3.63) is 21.9 Å². The molecule has 0 unspecified atom stereocenters. The second-order valence-corrected chi connectivity index (χ2v) is 3.61. The van der Waals surface area contributed by atoms with Gasteiger partial charge in [-0.1, -0.05) is 0 Å². The third kappa shape index (κ3) is 2.82. The van der Waals surface area contributed by atoms with Crippen LogP contribution in [0.1, 0.15) is 21.7 Å². The molecule has 72 valence electrons. The molecule has 1 heterocycles. The lowest BCUT2D eigenvalue weighted by Crippen LogP contribution is -2.00. The minimum absolute atomic E-state index is 0.260. The molecule has 0 atom stereocenters. The zero-order chi connectivity index (χ0) is 9.68. The number of rotatable bonds is 4. The summed E-state index contributed by atoms with van der Waals surface area (Å²) in [7, 11) is 1.39. The Balaban J connectivity index is 2.58. The fourth-order valence-corrected chi connectivity index (χ4v) is 1.88. The van der Waals surface area contributed by atoms with Gasteiger partial charge in [-0.15, -0.1) is 11.3 Å². The van der Waals surface area contributed by atoms with Gasteiger partial charge in [-0.2, -0.15) is 0 Å². The van der Waals surface area contributed by atoms with Crippen LogP contribution in [0, 0.1) is 0 Å². The summed E-state index contributed by atoms with van der Waals surface area (Å²) < 4.78 is 4.60. The first-order valence-corrected chi connectivity index (χ1v) is 5.01. The smallest absolute Gasteiger partial charge is 0.348 e. The number of carbonyl (C=O) groups is 1. The van der Waals surface area contributed by atoms with Crippen LogP contribution in [0.5, 0.6) is 0 Å². The lowest BCUT2D eigenvalue weighted by atomic mass is 10.2. The Morgan fingerprint density at radius 1 is 1.69 bits per heavy atom. The number of aryl methyl sites for hydroxylation is 1. The highest BCUT2D eigenvalue weighted by Gasteiger charge is 2.07. The summed E-state index contributed by atoms with van der Waals surface area (Å²) in [5.41, 5.74) is 6.54. The van der Waals surface area contributed by atoms with Gasteiger partial charge < -0.3 is 10.5 Å². The maximum atomic E-state index is 11.1. The van der Waals surface area contributed by atoms with Crippen LogP contribution in [0.4, 0.5) is 0 Å². The van der Waals surface area contributed by atoms with Crippen LogP contribution in [0.3, 0.4) is 0 Å². The van der Waals surface area contributed by atoms with Crippen molar-refractivity contribution in [2.75, 3.05) is 13.7 Å². The molecule has 0 saturated carbocycles. The molecular weight excluding hydrogens is 186 g/mol. The van der Waals surface area contributed by atoms with Crippen LogP contribution < -0.4 is 5.73 Å². The Morgan fingerprint density at radius 3 is 3.08 bits per heavy atom. The van der Waals surface area contributed by atoms with E-state index in [1.165, 1.54) is 18.4 Å². The van der Waals surface area contributed by atoms with E-state index in [-0.39, 0.29) is 5.97 Å². The van der Waals surface area contributed by atoms with Gasteiger partial charge in [-0.25, -0.2) is 4.79 Å². The first-order chi connectivity index (χ1) is 6.27. The van der Waals surface area contributed by atoms with E-state index in [0.29, 0.717) is 11.4 Å². The normalized spacial score (nSPS) is 10.0. The maximum Gasteiger partial charge on any atom is 0.348 e. The summed E-state index contributed by atoms with van der Waals surface area (Å²) in [5.74, 6) is -0.260. The van der Waals surface area contributed by atoms with Gasteiger partial charge in [0.15, 0.2) is 0 Å². The van der Waals surface area contributed by atoms with Crippen LogP contribution in [0.2, 0.25) is 0 Å². The number of carbonyl (C=O) groups excluding carboxylic acids is 1. The van der Waals surface area contributed by atoms with Crippen molar-refractivity contribution in [2.24, 2.45) is 5.73 Å². The van der Waals surface area contributed by atoms with E-state index >= 15 is 0 Å². The van der Waals surface area contributed by atoms with E-state index < -0.39 is 0 Å². The van der Waals surface area contributed by atoms with E-state index in [1.807, 2.05) is 11.4 Å². The number of hydrogen-bond donors (Lipinski definition) is 1. The molecule has 0 amide bonds. The van der Waals surface area contributed by atoms with Gasteiger partial charge in [0.1, 0.15) is 4.88 Å². The van der Waals surface area contributed by atoms with Gasteiger partial charge in [-0.3, -0.25) is 0 Å². The molecule has 4 heteroatoms. The highest BCUT2D eigenvalue weighted by atomic mass is 32.1. The molecule has 3 nitrogen and oxygen atoms in total. The van der Waals surface area contributed by atoms with Gasteiger partial charge in [0.2, 0.25) is 0 Å². The average Bonchev–Trinajstić information content (AvgIpc) is 2.62. The first kappa shape index (κ1) is 10.2. The molecule has 0 aliphatic heterocycles. The quantitative estimate of drug-likeness (QED) is 0.746. The van der Waals surface area contributed by atoms with Gasteiger partial charge in [0.05, 0.1) is 7.11 Å². The summed E-state index contributed by atoms with van der Waals surface area (Å²) in [6.07, 6.45) is 1.89. The Kier molecular flexibility index (Phi) is 3.92. The SMILES string of the molecule is COC(=O)c1cc(CCCN)cs1. The van der Waals surface area contributed by atoms with Crippen LogP contribution in [0.25, 0.3) is 0 Å². The summed E-state index contributed by atoms with van der Waals surface area (Å²) >= 11 is 1.42. The predicted molar refractivity (Wildman–Crippen MR) is 53.0 cm³/mol. The minimum atomic E-state index is -0.260. The highest BCUT2D eigenvalue weighted by Crippen LogP contribution is 2.16. The van der Waals surface area contributed by atoms with E-state index in [1.54, 1.807) is 0 Å². The zero-order valence-corrected chi connectivity index (χ0v) is 8.39. The van der Waals surface area contributed by atoms with Crippen molar-refractivity contribution >= 4 is 17.3 Å². The highest BCUT2D eigenvalue weighted by molar-refractivity contribution is 7.12. The van der Waals surface area contributed by atoms with E-state index in [9.17, 15) is 4.79 Å². The van der Waals surface area contributed by atoms with Gasteiger partial charge in [-0.05, 0) is 36.4 Å². The number of methoxy groups -OCH3 is 1. The van der Waals surface area contributed by atoms with E-state index in [4.69, 9.17) is 5.73 Å². The molecule has 2 N–H and O–H groups in total. The molecule has 1 rings (SSSR count). The molecule has 1 aromatic rings. The van der Waals surface area contributed by atoms with Crippen molar-refractivity contribution in [3.63, 3.8) is 0 Å². The fourth-order valence-electron chi connectivity index (χ4n) is 1.02. The third-order valence-electron chi connectivity index (χ3n) is 1.71. The summed E-state index contributed by atoms with van der Waals surface area (Å²) in [5, 5.41) is 1.97. The maximum absolute atomic E-state index is 11.1. The Morgan fingerprint density at radius 2 is 2.46 bits per heavy atom. The topological polar surface area (TPSA) is 52.3 Å². The lowest BCUT2D eigenvalue weighted by Gasteiger charge is -1.93. The Labute approximate surface area is 81.5 Å². The first-order valence-electron chi connectivity index (χ1n) is 4.13. The zero-order valence-electron chi connectivity index (χ0n) is 7.58. The molecule has 0 aliphatic rings. The number of esters is 1. The van der Waals surface area contributed by atoms with Gasteiger partial charge in [0.25, 0.3) is 0 Å². The standard InChI is InChI=1S/C9H13NO2S/c1-12-9(11)8-5-7(6-13-8)3-2-4-10/h5-6H,2-4,10H2,1H3. The molecule has 0 radical (unpaired) electrons. The average molecular weight is 199 g/mol. The summed E-state index contributed by atoms with van der Waals surface area (Å²) in [4.78, 5) is 11.7. The van der Waals surface area contributed by atoms with Crippen molar-refractivity contribution < 1.29 is 9.53 Å². The van der Waals surface area contributed by atoms with Crippen LogP contribution >= 0.6 is 11.3 Å². The van der Waals surface area contributed by atoms with Crippen LogP contribution in [-0.2, 0) is 11.2 Å². The summed E-state index contributed by atoms with van der Waals surface area (Å²) in [6.45, 7) is 0.684. The van der Waals surface area contributed by atoms with Crippen molar-refractivity contribution in [1.29, 1.82) is 0 Å². The predicted octanol–water partition coefficient (Wildman–Crippen LogP) is 1.43.